The van der Waals surface area contributed by atoms with Crippen LogP contribution < -0.4 is 5.32 Å². The summed E-state index contributed by atoms with van der Waals surface area (Å²) in [6, 6.07) is 7.57. The molecule has 3 rings (SSSR count). The standard InChI is InChI=1S/C17H21NO3/c19-15-11-13-3-1-2-4-14(13)17(15)18-16(20)6-5-12-7-9-21-10-8-12/h1-6,12,15,17,19H,7-11H2,(H,18,20)/b6-5+. The number of amides is 1. The fourth-order valence-electron chi connectivity index (χ4n) is 3.08. The molecule has 21 heavy (non-hydrogen) atoms. The predicted octanol–water partition coefficient (Wildman–Crippen LogP) is 1.74. The maximum atomic E-state index is 12.1. The van der Waals surface area contributed by atoms with Gasteiger partial charge >= 0.3 is 0 Å². The average molecular weight is 287 g/mol. The minimum atomic E-state index is -0.539. The lowest BCUT2D eigenvalue weighted by Gasteiger charge is -2.19. The largest absolute Gasteiger partial charge is 0.390 e. The Kier molecular flexibility index (Phi) is 4.36. The van der Waals surface area contributed by atoms with Gasteiger partial charge in [-0.3, -0.25) is 4.79 Å². The van der Waals surface area contributed by atoms with Crippen LogP contribution in [-0.4, -0.2) is 30.3 Å². The molecule has 0 bridgehead atoms. The van der Waals surface area contributed by atoms with Gasteiger partial charge in [0.15, 0.2) is 0 Å². The van der Waals surface area contributed by atoms with E-state index in [1.165, 1.54) is 0 Å². The summed E-state index contributed by atoms with van der Waals surface area (Å²) >= 11 is 0. The first-order valence-electron chi connectivity index (χ1n) is 7.56. The quantitative estimate of drug-likeness (QED) is 0.833. The van der Waals surface area contributed by atoms with Crippen LogP contribution in [0.1, 0.15) is 30.0 Å². The van der Waals surface area contributed by atoms with Gasteiger partial charge < -0.3 is 15.2 Å². The van der Waals surface area contributed by atoms with Crippen LogP contribution in [0.15, 0.2) is 36.4 Å². The monoisotopic (exact) mass is 287 g/mol. The maximum Gasteiger partial charge on any atom is 0.244 e. The average Bonchev–Trinajstić information content (AvgIpc) is 2.82. The number of benzene rings is 1. The van der Waals surface area contributed by atoms with Crippen molar-refractivity contribution >= 4 is 5.91 Å². The number of fused-ring (bicyclic) bond motifs is 1. The smallest absolute Gasteiger partial charge is 0.244 e. The van der Waals surface area contributed by atoms with Gasteiger partial charge in [0.25, 0.3) is 0 Å². The normalized spacial score (nSPS) is 26.0. The summed E-state index contributed by atoms with van der Waals surface area (Å²) in [7, 11) is 0. The number of ether oxygens (including phenoxy) is 1. The van der Waals surface area contributed by atoms with Crippen molar-refractivity contribution in [1.29, 1.82) is 0 Å². The molecule has 2 aliphatic rings. The topological polar surface area (TPSA) is 58.6 Å². The number of carbonyl (C=O) groups is 1. The molecule has 4 nitrogen and oxygen atoms in total. The second kappa shape index (κ2) is 6.41. The van der Waals surface area contributed by atoms with Crippen LogP contribution in [-0.2, 0) is 16.0 Å². The van der Waals surface area contributed by atoms with E-state index in [0.29, 0.717) is 12.3 Å². The summed E-state index contributed by atoms with van der Waals surface area (Å²) in [6.07, 6.45) is 5.57. The molecule has 1 heterocycles. The molecule has 0 aromatic heterocycles. The van der Waals surface area contributed by atoms with Gasteiger partial charge in [0.2, 0.25) is 5.91 Å². The van der Waals surface area contributed by atoms with E-state index in [-0.39, 0.29) is 11.9 Å². The van der Waals surface area contributed by atoms with Gasteiger partial charge in [-0.15, -0.1) is 0 Å². The van der Waals surface area contributed by atoms with E-state index in [1.807, 2.05) is 30.3 Å². The molecule has 2 unspecified atom stereocenters. The predicted molar refractivity (Wildman–Crippen MR) is 79.7 cm³/mol. The molecule has 4 heteroatoms. The van der Waals surface area contributed by atoms with Crippen LogP contribution in [0.4, 0.5) is 0 Å². The Balaban J connectivity index is 1.61. The maximum absolute atomic E-state index is 12.1. The third-order valence-corrected chi connectivity index (χ3v) is 4.29. The van der Waals surface area contributed by atoms with Gasteiger partial charge in [-0.25, -0.2) is 0 Å². The summed E-state index contributed by atoms with van der Waals surface area (Å²) in [5, 5.41) is 13.0. The van der Waals surface area contributed by atoms with Crippen molar-refractivity contribution in [1.82, 2.24) is 5.32 Å². The highest BCUT2D eigenvalue weighted by Crippen LogP contribution is 2.31. The summed E-state index contributed by atoms with van der Waals surface area (Å²) in [5.74, 6) is 0.285. The molecule has 2 N–H and O–H groups in total. The van der Waals surface area contributed by atoms with Gasteiger partial charge in [-0.1, -0.05) is 30.3 Å². The Morgan fingerprint density at radius 1 is 1.29 bits per heavy atom. The first-order chi connectivity index (χ1) is 10.2. The van der Waals surface area contributed by atoms with Crippen molar-refractivity contribution in [2.75, 3.05) is 13.2 Å². The van der Waals surface area contributed by atoms with E-state index < -0.39 is 6.10 Å². The van der Waals surface area contributed by atoms with Crippen LogP contribution in [0, 0.1) is 5.92 Å². The minimum Gasteiger partial charge on any atom is -0.390 e. The number of hydrogen-bond donors (Lipinski definition) is 2. The van der Waals surface area contributed by atoms with E-state index in [9.17, 15) is 9.90 Å². The molecule has 112 valence electrons. The number of nitrogens with one attached hydrogen (secondary N) is 1. The van der Waals surface area contributed by atoms with Crippen LogP contribution in [0.5, 0.6) is 0 Å². The first kappa shape index (κ1) is 14.3. The Morgan fingerprint density at radius 3 is 2.86 bits per heavy atom. The summed E-state index contributed by atoms with van der Waals surface area (Å²) in [5.41, 5.74) is 2.14. The highest BCUT2D eigenvalue weighted by molar-refractivity contribution is 5.88. The number of aliphatic hydroxyl groups is 1. The van der Waals surface area contributed by atoms with Gasteiger partial charge in [0.05, 0.1) is 12.1 Å². The number of carbonyl (C=O) groups excluding carboxylic acids is 1. The Bertz CT molecular complexity index is 535. The molecule has 1 saturated heterocycles. The van der Waals surface area contributed by atoms with Crippen molar-refractivity contribution in [3.63, 3.8) is 0 Å². The van der Waals surface area contributed by atoms with E-state index in [4.69, 9.17) is 4.74 Å². The summed E-state index contributed by atoms with van der Waals surface area (Å²) < 4.78 is 5.30. The second-order valence-electron chi connectivity index (χ2n) is 5.77. The molecule has 1 aromatic rings. The molecule has 2 atom stereocenters. The molecule has 0 saturated carbocycles. The SMILES string of the molecule is O=C(/C=C/C1CCOCC1)NC1c2ccccc2CC1O. The Labute approximate surface area is 124 Å². The van der Waals surface area contributed by atoms with E-state index in [1.54, 1.807) is 6.08 Å². The lowest BCUT2D eigenvalue weighted by molar-refractivity contribution is -0.118. The van der Waals surface area contributed by atoms with Gasteiger partial charge in [0.1, 0.15) is 0 Å². The zero-order valence-corrected chi connectivity index (χ0v) is 12.0. The fraction of sp³-hybridized carbons (Fsp3) is 0.471. The lowest BCUT2D eigenvalue weighted by atomic mass is 10.00. The number of hydrogen-bond acceptors (Lipinski definition) is 3. The van der Waals surface area contributed by atoms with Crippen molar-refractivity contribution in [3.05, 3.63) is 47.5 Å². The molecule has 0 spiro atoms. The molecule has 1 aromatic carbocycles. The highest BCUT2D eigenvalue weighted by Gasteiger charge is 2.31. The lowest BCUT2D eigenvalue weighted by Crippen LogP contribution is -2.32. The molecule has 1 amide bonds. The number of rotatable bonds is 3. The molecular formula is C17H21NO3. The van der Waals surface area contributed by atoms with Crippen molar-refractivity contribution < 1.29 is 14.6 Å². The van der Waals surface area contributed by atoms with Crippen LogP contribution >= 0.6 is 0 Å². The molecule has 1 aliphatic heterocycles. The molecule has 0 radical (unpaired) electrons. The van der Waals surface area contributed by atoms with E-state index in [2.05, 4.69) is 5.32 Å². The fourth-order valence-corrected chi connectivity index (χ4v) is 3.08. The van der Waals surface area contributed by atoms with Crippen molar-refractivity contribution in [3.8, 4) is 0 Å². The van der Waals surface area contributed by atoms with Crippen LogP contribution in [0.25, 0.3) is 0 Å². The molecule has 1 fully saturated rings. The molecular weight excluding hydrogens is 266 g/mol. The first-order valence-corrected chi connectivity index (χ1v) is 7.56. The zero-order valence-electron chi connectivity index (χ0n) is 12.0. The van der Waals surface area contributed by atoms with Gasteiger partial charge in [-0.05, 0) is 36.0 Å². The van der Waals surface area contributed by atoms with Crippen molar-refractivity contribution in [2.45, 2.75) is 31.4 Å². The second-order valence-corrected chi connectivity index (χ2v) is 5.77. The number of allylic oxidation sites excluding steroid dienone is 1. The Hall–Kier alpha value is -1.65. The Morgan fingerprint density at radius 2 is 2.05 bits per heavy atom. The summed E-state index contributed by atoms with van der Waals surface area (Å²) in [4.78, 5) is 12.1. The van der Waals surface area contributed by atoms with E-state index in [0.717, 1.165) is 37.2 Å². The minimum absolute atomic E-state index is 0.137. The van der Waals surface area contributed by atoms with Crippen molar-refractivity contribution in [2.24, 2.45) is 5.92 Å². The third kappa shape index (κ3) is 3.34. The van der Waals surface area contributed by atoms with Gasteiger partial charge in [-0.2, -0.15) is 0 Å². The summed E-state index contributed by atoms with van der Waals surface area (Å²) in [6.45, 7) is 1.54. The van der Waals surface area contributed by atoms with Crippen LogP contribution in [0.3, 0.4) is 0 Å². The van der Waals surface area contributed by atoms with Crippen LogP contribution in [0.2, 0.25) is 0 Å². The molecule has 1 aliphatic carbocycles. The van der Waals surface area contributed by atoms with E-state index >= 15 is 0 Å². The zero-order chi connectivity index (χ0) is 14.7. The number of aliphatic hydroxyl groups excluding tert-OH is 1. The highest BCUT2D eigenvalue weighted by atomic mass is 16.5. The van der Waals surface area contributed by atoms with Gasteiger partial charge in [0, 0.05) is 19.6 Å². The third-order valence-electron chi connectivity index (χ3n) is 4.29.